The molecule has 2 aromatic rings. The zero-order chi connectivity index (χ0) is 12.0. The summed E-state index contributed by atoms with van der Waals surface area (Å²) in [6.45, 7) is 6.78. The number of fused-ring (bicyclic) bond motifs is 1. The fraction of sp³-hybridized carbons (Fsp3) is 0.429. The monoisotopic (exact) mass is 221 g/mol. The molecule has 0 aliphatic heterocycles. The highest BCUT2D eigenvalue weighted by Crippen LogP contribution is 2.21. The summed E-state index contributed by atoms with van der Waals surface area (Å²) < 4.78 is 5.67. The van der Waals surface area contributed by atoms with E-state index in [-0.39, 0.29) is 1.43 Å². The van der Waals surface area contributed by atoms with Crippen molar-refractivity contribution in [1.29, 1.82) is 0 Å². The molecule has 2 rings (SSSR count). The van der Waals surface area contributed by atoms with E-state index in [2.05, 4.69) is 31.2 Å². The van der Waals surface area contributed by atoms with Gasteiger partial charge in [-0.25, -0.2) is 0 Å². The molecule has 1 aromatic carbocycles. The van der Waals surface area contributed by atoms with Crippen molar-refractivity contribution < 1.29 is 5.84 Å². The maximum absolute atomic E-state index is 5.67. The van der Waals surface area contributed by atoms with Crippen LogP contribution in [0.3, 0.4) is 0 Å². The van der Waals surface area contributed by atoms with Crippen LogP contribution in [0.4, 0.5) is 0 Å². The zero-order valence-electron chi connectivity index (χ0n) is 10.4. The topological polar surface area (TPSA) is 39.2 Å². The van der Waals surface area contributed by atoms with E-state index in [0.29, 0.717) is 6.54 Å². The molecule has 0 saturated heterocycles. The van der Waals surface area contributed by atoms with E-state index < -0.39 is 0 Å². The molecule has 0 fully saturated rings. The van der Waals surface area contributed by atoms with Gasteiger partial charge in [0.05, 0.1) is 0 Å². The Morgan fingerprint density at radius 1 is 1.25 bits per heavy atom. The predicted octanol–water partition coefficient (Wildman–Crippen LogP) is 3.77. The standard InChI is InChI=1S/C12H15NO.C2H6.H2/c1-2-9-3-4-10-8-11(5-6-13)14-12(10)7-9;1-2;/h3-4,7-8H,2,5-6,13H2,1H3;1-2H3;1H. The van der Waals surface area contributed by atoms with Crippen LogP contribution in [0, 0.1) is 0 Å². The smallest absolute Gasteiger partial charge is 0.134 e. The predicted molar refractivity (Wildman–Crippen MR) is 71.8 cm³/mol. The first kappa shape index (κ1) is 12.8. The largest absolute Gasteiger partial charge is 0.461 e. The van der Waals surface area contributed by atoms with Gasteiger partial charge in [-0.05, 0) is 30.7 Å². The van der Waals surface area contributed by atoms with Crippen LogP contribution in [0.25, 0.3) is 11.0 Å². The lowest BCUT2D eigenvalue weighted by Crippen LogP contribution is -2.01. The number of aryl methyl sites for hydroxylation is 1. The number of furan rings is 1. The first-order valence-electron chi connectivity index (χ1n) is 6.05. The molecule has 2 heteroatoms. The van der Waals surface area contributed by atoms with Gasteiger partial charge in [0.15, 0.2) is 0 Å². The third-order valence-corrected chi connectivity index (χ3v) is 2.43. The molecule has 2 N–H and O–H groups in total. The Labute approximate surface area is 98.9 Å². The van der Waals surface area contributed by atoms with Crippen molar-refractivity contribution in [2.45, 2.75) is 33.6 Å². The molecule has 0 saturated carbocycles. The lowest BCUT2D eigenvalue weighted by atomic mass is 10.1. The average Bonchev–Trinajstić information content (AvgIpc) is 2.73. The van der Waals surface area contributed by atoms with Gasteiger partial charge < -0.3 is 10.2 Å². The highest BCUT2D eigenvalue weighted by atomic mass is 16.3. The summed E-state index contributed by atoms with van der Waals surface area (Å²) in [5, 5.41) is 1.17. The van der Waals surface area contributed by atoms with Gasteiger partial charge in [-0.3, -0.25) is 0 Å². The Morgan fingerprint density at radius 3 is 2.62 bits per heavy atom. The fourth-order valence-electron chi connectivity index (χ4n) is 1.62. The Bertz CT molecular complexity index is 437. The summed E-state index contributed by atoms with van der Waals surface area (Å²) in [7, 11) is 0. The van der Waals surface area contributed by atoms with E-state index in [1.165, 1.54) is 10.9 Å². The fourth-order valence-corrected chi connectivity index (χ4v) is 1.62. The second-order valence-electron chi connectivity index (χ2n) is 3.48. The van der Waals surface area contributed by atoms with Crippen LogP contribution in [0.2, 0.25) is 0 Å². The van der Waals surface area contributed by atoms with E-state index in [1.54, 1.807) is 0 Å². The minimum Gasteiger partial charge on any atom is -0.461 e. The summed E-state index contributed by atoms with van der Waals surface area (Å²) in [5.41, 5.74) is 7.77. The molecular formula is C14H23NO. The molecule has 2 nitrogen and oxygen atoms in total. The van der Waals surface area contributed by atoms with Crippen molar-refractivity contribution in [2.75, 3.05) is 6.54 Å². The maximum atomic E-state index is 5.67. The summed E-state index contributed by atoms with van der Waals surface area (Å²) in [4.78, 5) is 0. The molecule has 1 aromatic heterocycles. The molecule has 0 atom stereocenters. The summed E-state index contributed by atoms with van der Waals surface area (Å²) in [6, 6.07) is 8.43. The van der Waals surface area contributed by atoms with Crippen molar-refractivity contribution in [2.24, 2.45) is 5.73 Å². The van der Waals surface area contributed by atoms with Crippen LogP contribution in [0.1, 0.15) is 33.5 Å². The molecule has 0 unspecified atom stereocenters. The van der Waals surface area contributed by atoms with Gasteiger partial charge in [-0.15, -0.1) is 0 Å². The van der Waals surface area contributed by atoms with Crippen LogP contribution >= 0.6 is 0 Å². The molecule has 0 amide bonds. The molecule has 1 heterocycles. The van der Waals surface area contributed by atoms with E-state index in [4.69, 9.17) is 10.2 Å². The van der Waals surface area contributed by atoms with Gasteiger partial charge in [-0.2, -0.15) is 0 Å². The molecule has 0 radical (unpaired) electrons. The SMILES string of the molecule is CC.CCc1ccc2cc(CCN)oc2c1.[HH]. The molecule has 16 heavy (non-hydrogen) atoms. The lowest BCUT2D eigenvalue weighted by molar-refractivity contribution is 0.550. The van der Waals surface area contributed by atoms with E-state index >= 15 is 0 Å². The van der Waals surface area contributed by atoms with Gasteiger partial charge in [0.2, 0.25) is 0 Å². The van der Waals surface area contributed by atoms with Crippen molar-refractivity contribution in [1.82, 2.24) is 0 Å². The Balaban J connectivity index is 0.000000811. The third-order valence-electron chi connectivity index (χ3n) is 2.43. The Morgan fingerprint density at radius 2 is 2.00 bits per heavy atom. The zero-order valence-corrected chi connectivity index (χ0v) is 10.4. The molecule has 0 spiro atoms. The van der Waals surface area contributed by atoms with Gasteiger partial charge in [0.25, 0.3) is 0 Å². The summed E-state index contributed by atoms with van der Waals surface area (Å²) >= 11 is 0. The molecule has 90 valence electrons. The van der Waals surface area contributed by atoms with Crippen LogP contribution in [-0.2, 0) is 12.8 Å². The molecule has 0 aliphatic rings. The van der Waals surface area contributed by atoms with E-state index in [0.717, 1.165) is 24.2 Å². The molecule has 0 aliphatic carbocycles. The normalized spacial score (nSPS) is 10.0. The lowest BCUT2D eigenvalue weighted by Gasteiger charge is -1.94. The van der Waals surface area contributed by atoms with Gasteiger partial charge in [0.1, 0.15) is 11.3 Å². The number of hydrogen-bond donors (Lipinski definition) is 1. The minimum atomic E-state index is 0. The average molecular weight is 221 g/mol. The second kappa shape index (κ2) is 6.33. The van der Waals surface area contributed by atoms with Crippen molar-refractivity contribution in [3.8, 4) is 0 Å². The minimum absolute atomic E-state index is 0. The van der Waals surface area contributed by atoms with Gasteiger partial charge >= 0.3 is 0 Å². The van der Waals surface area contributed by atoms with Crippen molar-refractivity contribution in [3.63, 3.8) is 0 Å². The maximum Gasteiger partial charge on any atom is 0.134 e. The highest BCUT2D eigenvalue weighted by Gasteiger charge is 2.02. The van der Waals surface area contributed by atoms with Crippen LogP contribution in [0.15, 0.2) is 28.7 Å². The summed E-state index contributed by atoms with van der Waals surface area (Å²) in [6.07, 6.45) is 1.86. The first-order chi connectivity index (χ1) is 7.83. The first-order valence-corrected chi connectivity index (χ1v) is 6.05. The number of nitrogens with two attached hydrogens (primary N) is 1. The molecular weight excluding hydrogens is 198 g/mol. The number of benzene rings is 1. The van der Waals surface area contributed by atoms with Crippen molar-refractivity contribution in [3.05, 3.63) is 35.6 Å². The molecule has 0 bridgehead atoms. The quantitative estimate of drug-likeness (QED) is 0.857. The van der Waals surface area contributed by atoms with Gasteiger partial charge in [0, 0.05) is 13.2 Å². The Kier molecular flexibility index (Phi) is 5.06. The number of hydrogen-bond acceptors (Lipinski definition) is 2. The summed E-state index contributed by atoms with van der Waals surface area (Å²) in [5.74, 6) is 0.982. The second-order valence-corrected chi connectivity index (χ2v) is 3.48. The highest BCUT2D eigenvalue weighted by molar-refractivity contribution is 5.78. The Hall–Kier alpha value is -1.28. The van der Waals surface area contributed by atoms with Crippen molar-refractivity contribution >= 4 is 11.0 Å². The van der Waals surface area contributed by atoms with Gasteiger partial charge in [-0.1, -0.05) is 32.9 Å². The van der Waals surface area contributed by atoms with E-state index in [1.807, 2.05) is 13.8 Å². The van der Waals surface area contributed by atoms with Crippen LogP contribution < -0.4 is 5.73 Å². The van der Waals surface area contributed by atoms with E-state index in [9.17, 15) is 0 Å². The van der Waals surface area contributed by atoms with Crippen LogP contribution in [-0.4, -0.2) is 6.54 Å². The third kappa shape index (κ3) is 2.86. The van der Waals surface area contributed by atoms with Crippen LogP contribution in [0.5, 0.6) is 0 Å². The number of rotatable bonds is 3.